The zero-order chi connectivity index (χ0) is 22.5. The van der Waals surface area contributed by atoms with Crippen LogP contribution in [0.1, 0.15) is 145 Å². The van der Waals surface area contributed by atoms with Gasteiger partial charge in [0.2, 0.25) is 0 Å². The van der Waals surface area contributed by atoms with Crippen LogP contribution in [0.25, 0.3) is 0 Å². The molecule has 0 amide bonds. The Hall–Kier alpha value is -0.0400. The molecule has 0 radical (unpaired) electrons. The fraction of sp³-hybridized carbons (Fsp3) is 1.00. The molecule has 0 aromatic heterocycles. The van der Waals surface area contributed by atoms with Crippen molar-refractivity contribution in [2.75, 3.05) is 13.6 Å². The van der Waals surface area contributed by atoms with Gasteiger partial charge >= 0.3 is 0 Å². The van der Waals surface area contributed by atoms with Crippen LogP contribution in [-0.4, -0.2) is 13.6 Å². The van der Waals surface area contributed by atoms with Crippen LogP contribution in [0.15, 0.2) is 0 Å². The van der Waals surface area contributed by atoms with Crippen molar-refractivity contribution in [1.82, 2.24) is 5.32 Å². The molecule has 178 valence electrons. The first kappa shape index (κ1) is 31.1. The van der Waals surface area contributed by atoms with E-state index in [9.17, 15) is 0 Å². The molecule has 0 bridgehead atoms. The number of nitrogens with one attached hydrogen (secondary N) is 1. The maximum absolute atomic E-state index is 3.26. The lowest BCUT2D eigenvalue weighted by atomic mass is 9.69. The number of hydrogen-bond acceptors (Lipinski definition) is 1. The second kappa shape index (κ2) is 21.2. The van der Waals surface area contributed by atoms with Gasteiger partial charge in [0, 0.05) is 0 Å². The molecule has 0 spiro atoms. The van der Waals surface area contributed by atoms with Crippen molar-refractivity contribution in [2.24, 2.45) is 23.2 Å². The summed E-state index contributed by atoms with van der Waals surface area (Å²) >= 11 is 0. The first-order valence-electron chi connectivity index (χ1n) is 13.5. The zero-order valence-corrected chi connectivity index (χ0v) is 22.3. The van der Waals surface area contributed by atoms with E-state index in [2.05, 4.69) is 53.9 Å². The molecule has 2 aliphatic carbocycles. The van der Waals surface area contributed by atoms with Gasteiger partial charge in [-0.25, -0.2) is 0 Å². The van der Waals surface area contributed by atoms with Crippen LogP contribution in [-0.2, 0) is 0 Å². The van der Waals surface area contributed by atoms with E-state index < -0.39 is 0 Å². The monoisotopic (exact) mass is 411 g/mol. The Bertz CT molecular complexity index is 295. The lowest BCUT2D eigenvalue weighted by Crippen LogP contribution is -2.29. The van der Waals surface area contributed by atoms with E-state index in [-0.39, 0.29) is 0 Å². The quantitative estimate of drug-likeness (QED) is 0.392. The number of rotatable bonds is 8. The van der Waals surface area contributed by atoms with Crippen molar-refractivity contribution >= 4 is 0 Å². The summed E-state index contributed by atoms with van der Waals surface area (Å²) in [7, 11) is 2.05. The van der Waals surface area contributed by atoms with Crippen LogP contribution in [0.5, 0.6) is 0 Å². The van der Waals surface area contributed by atoms with E-state index in [4.69, 9.17) is 0 Å². The zero-order valence-electron chi connectivity index (χ0n) is 22.3. The average molecular weight is 412 g/mol. The molecule has 2 fully saturated rings. The molecule has 29 heavy (non-hydrogen) atoms. The Labute approximate surface area is 187 Å². The van der Waals surface area contributed by atoms with E-state index in [1.807, 2.05) is 13.8 Å². The highest BCUT2D eigenvalue weighted by Gasteiger charge is 2.29. The van der Waals surface area contributed by atoms with E-state index in [1.54, 1.807) is 0 Å². The maximum Gasteiger partial charge on any atom is -0.00467 e. The van der Waals surface area contributed by atoms with Crippen molar-refractivity contribution in [1.29, 1.82) is 0 Å². The largest absolute Gasteiger partial charge is 0.320 e. The van der Waals surface area contributed by atoms with Gasteiger partial charge in [-0.1, -0.05) is 126 Å². The molecule has 0 aliphatic heterocycles. The summed E-state index contributed by atoms with van der Waals surface area (Å²) in [4.78, 5) is 0. The van der Waals surface area contributed by atoms with Gasteiger partial charge < -0.3 is 5.32 Å². The topological polar surface area (TPSA) is 12.0 Å². The summed E-state index contributed by atoms with van der Waals surface area (Å²) in [5.74, 6) is 2.93. The van der Waals surface area contributed by atoms with Crippen LogP contribution in [0.2, 0.25) is 0 Å². The Morgan fingerprint density at radius 1 is 0.862 bits per heavy atom. The molecule has 0 aromatic rings. The third-order valence-corrected chi connectivity index (χ3v) is 6.76. The second-order valence-corrected chi connectivity index (χ2v) is 10.5. The summed E-state index contributed by atoms with van der Waals surface area (Å²) in [6.07, 6.45) is 20.2. The highest BCUT2D eigenvalue weighted by Crippen LogP contribution is 2.40. The molecule has 0 aromatic carbocycles. The second-order valence-electron chi connectivity index (χ2n) is 10.5. The third-order valence-electron chi connectivity index (χ3n) is 6.76. The molecule has 0 heterocycles. The van der Waals surface area contributed by atoms with Crippen molar-refractivity contribution < 1.29 is 0 Å². The smallest absolute Gasteiger partial charge is 0.00467 e. The molecule has 0 saturated heterocycles. The summed E-state index contributed by atoms with van der Waals surface area (Å²) in [6.45, 7) is 19.2. The molecular formula is C28H61N. The predicted molar refractivity (Wildman–Crippen MR) is 137 cm³/mol. The average Bonchev–Trinajstić information content (AvgIpc) is 3.20. The van der Waals surface area contributed by atoms with Crippen LogP contribution < -0.4 is 5.32 Å². The SMILES string of the molecule is CC.CC1CCCC1.CCCCCC(C)C.CNCCC(C)(C)C1CCCCC1. The lowest BCUT2D eigenvalue weighted by molar-refractivity contribution is 0.146. The highest BCUT2D eigenvalue weighted by atomic mass is 14.8. The van der Waals surface area contributed by atoms with Gasteiger partial charge in [0.15, 0.2) is 0 Å². The van der Waals surface area contributed by atoms with E-state index in [0.717, 1.165) is 17.8 Å². The Morgan fingerprint density at radius 2 is 1.38 bits per heavy atom. The van der Waals surface area contributed by atoms with Gasteiger partial charge in [0.1, 0.15) is 0 Å². The van der Waals surface area contributed by atoms with Crippen LogP contribution in [0.3, 0.4) is 0 Å². The van der Waals surface area contributed by atoms with Gasteiger partial charge in [-0.15, -0.1) is 0 Å². The van der Waals surface area contributed by atoms with Crippen molar-refractivity contribution in [3.63, 3.8) is 0 Å². The van der Waals surface area contributed by atoms with E-state index >= 15 is 0 Å². The molecule has 2 saturated carbocycles. The number of unbranched alkanes of at least 4 members (excludes halogenated alkanes) is 2. The van der Waals surface area contributed by atoms with Crippen LogP contribution >= 0.6 is 0 Å². The van der Waals surface area contributed by atoms with Gasteiger partial charge in [0.25, 0.3) is 0 Å². The minimum absolute atomic E-state index is 0.559. The molecule has 0 unspecified atom stereocenters. The third kappa shape index (κ3) is 19.7. The van der Waals surface area contributed by atoms with Gasteiger partial charge in [-0.2, -0.15) is 0 Å². The fourth-order valence-electron chi connectivity index (χ4n) is 4.47. The van der Waals surface area contributed by atoms with Crippen LogP contribution in [0.4, 0.5) is 0 Å². The summed E-state index contributed by atoms with van der Waals surface area (Å²) < 4.78 is 0. The fourth-order valence-corrected chi connectivity index (χ4v) is 4.47. The summed E-state index contributed by atoms with van der Waals surface area (Å²) in [5, 5.41) is 3.26. The summed E-state index contributed by atoms with van der Waals surface area (Å²) in [5.41, 5.74) is 0.559. The van der Waals surface area contributed by atoms with Crippen LogP contribution in [0, 0.1) is 23.2 Å². The van der Waals surface area contributed by atoms with Gasteiger partial charge in [-0.3, -0.25) is 0 Å². The standard InChI is InChI=1S/C12H25N.C8H18.C6H12.C2H6/c1-12(2,9-10-13-3)11-7-5-4-6-8-11;1-4-5-6-7-8(2)3;1-6-4-2-3-5-6;1-2/h11,13H,4-10H2,1-3H3;8H,4-7H2,1-3H3;6H,2-5H2,1H3;1-2H3. The predicted octanol–water partition coefficient (Wildman–Crippen LogP) is 9.65. The summed E-state index contributed by atoms with van der Waals surface area (Å²) in [6, 6.07) is 0. The molecule has 1 nitrogen and oxygen atoms in total. The van der Waals surface area contributed by atoms with Crippen molar-refractivity contribution in [3.05, 3.63) is 0 Å². The van der Waals surface area contributed by atoms with Gasteiger partial charge in [0.05, 0.1) is 0 Å². The lowest BCUT2D eigenvalue weighted by Gasteiger charge is -2.37. The minimum Gasteiger partial charge on any atom is -0.320 e. The first-order valence-corrected chi connectivity index (χ1v) is 13.5. The molecule has 2 aliphatic rings. The first-order chi connectivity index (χ1) is 13.8. The molecule has 0 atom stereocenters. The normalized spacial score (nSPS) is 17.6. The highest BCUT2D eigenvalue weighted by molar-refractivity contribution is 4.81. The van der Waals surface area contributed by atoms with Crippen molar-refractivity contribution in [3.8, 4) is 0 Å². The Balaban J connectivity index is 0. The number of hydrogen-bond donors (Lipinski definition) is 1. The molecule has 2 rings (SSSR count). The molecule has 1 heteroatoms. The molecular weight excluding hydrogens is 350 g/mol. The van der Waals surface area contributed by atoms with E-state index in [1.165, 1.54) is 96.4 Å². The van der Waals surface area contributed by atoms with E-state index in [0.29, 0.717) is 5.41 Å². The maximum atomic E-state index is 3.26. The Kier molecular flexibility index (Phi) is 22.8. The van der Waals surface area contributed by atoms with Gasteiger partial charge in [-0.05, 0) is 56.0 Å². The Morgan fingerprint density at radius 3 is 1.76 bits per heavy atom. The van der Waals surface area contributed by atoms with Crippen molar-refractivity contribution in [2.45, 2.75) is 145 Å². The molecule has 1 N–H and O–H groups in total. The minimum atomic E-state index is 0.559.